The van der Waals surface area contributed by atoms with Crippen LogP contribution >= 0.6 is 23.6 Å². The third-order valence-corrected chi connectivity index (χ3v) is 5.69. The minimum Gasteiger partial charge on any atom is -0.462 e. The zero-order chi connectivity index (χ0) is 20.3. The number of benzene rings is 1. The number of halogens is 1. The average Bonchev–Trinajstić information content (AvgIpc) is 3.01. The number of hydrogen-bond donors (Lipinski definition) is 2. The van der Waals surface area contributed by atoms with E-state index in [4.69, 9.17) is 17.0 Å². The van der Waals surface area contributed by atoms with Crippen molar-refractivity contribution >= 4 is 51.0 Å². The smallest absolute Gasteiger partial charge is 0.341 e. The van der Waals surface area contributed by atoms with Crippen LogP contribution in [0.2, 0.25) is 0 Å². The quantitative estimate of drug-likeness (QED) is 0.313. The number of ether oxygens (including phenoxy) is 1. The molecule has 1 aromatic heterocycles. The summed E-state index contributed by atoms with van der Waals surface area (Å²) in [4.78, 5) is 23.7. The van der Waals surface area contributed by atoms with E-state index in [2.05, 4.69) is 10.6 Å². The van der Waals surface area contributed by atoms with E-state index in [1.807, 2.05) is 0 Å². The minimum atomic E-state index is -0.926. The summed E-state index contributed by atoms with van der Waals surface area (Å²) in [6.45, 7) is 2.02. The number of nitro benzene ring substituents is 1. The van der Waals surface area contributed by atoms with Gasteiger partial charge in [0.25, 0.3) is 0 Å². The zero-order valence-electron chi connectivity index (χ0n) is 15.0. The molecule has 0 saturated carbocycles. The fourth-order valence-corrected chi connectivity index (χ4v) is 4.64. The summed E-state index contributed by atoms with van der Waals surface area (Å²) in [5.41, 5.74) is 1.12. The summed E-state index contributed by atoms with van der Waals surface area (Å²) < 4.78 is 18.7. The second kappa shape index (κ2) is 8.61. The van der Waals surface area contributed by atoms with E-state index < -0.39 is 22.4 Å². The molecule has 0 radical (unpaired) electrons. The van der Waals surface area contributed by atoms with Gasteiger partial charge in [-0.3, -0.25) is 10.1 Å². The molecule has 2 aromatic rings. The number of fused-ring (bicyclic) bond motifs is 1. The fraction of sp³-hybridized carbons (Fsp3) is 0.333. The highest BCUT2D eigenvalue weighted by atomic mass is 32.1. The van der Waals surface area contributed by atoms with E-state index in [9.17, 15) is 19.3 Å². The minimum absolute atomic E-state index is 0.144. The van der Waals surface area contributed by atoms with Crippen molar-refractivity contribution in [3.05, 3.63) is 50.1 Å². The van der Waals surface area contributed by atoms with E-state index in [1.165, 1.54) is 17.4 Å². The van der Waals surface area contributed by atoms with Gasteiger partial charge < -0.3 is 15.4 Å². The first kappa shape index (κ1) is 20.2. The topological polar surface area (TPSA) is 93.5 Å². The van der Waals surface area contributed by atoms with Crippen molar-refractivity contribution in [1.29, 1.82) is 0 Å². The molecule has 10 heteroatoms. The molecule has 2 N–H and O–H groups in total. The van der Waals surface area contributed by atoms with Crippen LogP contribution in [-0.2, 0) is 17.6 Å². The van der Waals surface area contributed by atoms with Gasteiger partial charge in [-0.05, 0) is 62.5 Å². The normalized spacial score (nSPS) is 12.8. The Kier molecular flexibility index (Phi) is 6.20. The Morgan fingerprint density at radius 3 is 2.82 bits per heavy atom. The van der Waals surface area contributed by atoms with Crippen molar-refractivity contribution in [2.24, 2.45) is 0 Å². The van der Waals surface area contributed by atoms with Crippen LogP contribution in [0.1, 0.15) is 40.6 Å². The lowest BCUT2D eigenvalue weighted by Crippen LogP contribution is -2.20. The predicted octanol–water partition coefficient (Wildman–Crippen LogP) is 4.66. The second-order valence-electron chi connectivity index (χ2n) is 6.14. The molecule has 28 heavy (non-hydrogen) atoms. The maximum atomic E-state index is 13.5. The maximum Gasteiger partial charge on any atom is 0.341 e. The molecule has 0 spiro atoms. The molecule has 3 rings (SSSR count). The van der Waals surface area contributed by atoms with Gasteiger partial charge >= 0.3 is 11.7 Å². The Labute approximate surface area is 170 Å². The molecule has 1 aliphatic rings. The molecular weight excluding hydrogens is 405 g/mol. The SMILES string of the molecule is CCOC(=O)c1c(NC(=S)Nc2ccc(F)c([N+](=O)[O-])c2)sc2c1CCCC2. The molecule has 0 atom stereocenters. The fourth-order valence-electron chi connectivity index (χ4n) is 3.07. The van der Waals surface area contributed by atoms with Gasteiger partial charge in [0.15, 0.2) is 5.11 Å². The van der Waals surface area contributed by atoms with Gasteiger partial charge in [0, 0.05) is 16.6 Å². The molecule has 1 heterocycles. The summed E-state index contributed by atoms with van der Waals surface area (Å²) in [7, 11) is 0. The number of nitro groups is 1. The number of hydrogen-bond acceptors (Lipinski definition) is 6. The standard InChI is InChI=1S/C18H18FN3O4S2/c1-2-26-17(23)15-11-5-3-4-6-14(11)28-16(15)21-18(27)20-10-7-8-12(19)13(9-10)22(24)25/h7-9H,2-6H2,1H3,(H2,20,21,27). The number of carbonyl (C=O) groups excluding carboxylic acids is 1. The Hall–Kier alpha value is -2.59. The Morgan fingerprint density at radius 2 is 2.11 bits per heavy atom. The molecule has 0 fully saturated rings. The van der Waals surface area contributed by atoms with Crippen LogP contribution < -0.4 is 10.6 Å². The molecule has 0 unspecified atom stereocenters. The molecule has 7 nitrogen and oxygen atoms in total. The lowest BCUT2D eigenvalue weighted by atomic mass is 9.95. The Morgan fingerprint density at radius 1 is 1.36 bits per heavy atom. The van der Waals surface area contributed by atoms with E-state index in [1.54, 1.807) is 6.92 Å². The maximum absolute atomic E-state index is 13.5. The Bertz CT molecular complexity index is 945. The van der Waals surface area contributed by atoms with Gasteiger partial charge in [0.1, 0.15) is 5.00 Å². The van der Waals surface area contributed by atoms with Crippen LogP contribution in [0.25, 0.3) is 0 Å². The number of esters is 1. The predicted molar refractivity (Wildman–Crippen MR) is 110 cm³/mol. The van der Waals surface area contributed by atoms with Gasteiger partial charge in [-0.15, -0.1) is 11.3 Å². The van der Waals surface area contributed by atoms with Crippen molar-refractivity contribution in [1.82, 2.24) is 0 Å². The first-order chi connectivity index (χ1) is 13.4. The first-order valence-corrected chi connectivity index (χ1v) is 9.96. The number of carbonyl (C=O) groups is 1. The average molecular weight is 423 g/mol. The molecule has 1 aromatic carbocycles. The summed E-state index contributed by atoms with van der Waals surface area (Å²) in [5.74, 6) is -1.32. The van der Waals surface area contributed by atoms with E-state index in [0.717, 1.165) is 48.3 Å². The third-order valence-electron chi connectivity index (χ3n) is 4.28. The van der Waals surface area contributed by atoms with E-state index in [0.29, 0.717) is 10.6 Å². The lowest BCUT2D eigenvalue weighted by Gasteiger charge is -2.13. The van der Waals surface area contributed by atoms with E-state index >= 15 is 0 Å². The number of nitrogens with one attached hydrogen (secondary N) is 2. The highest BCUT2D eigenvalue weighted by Gasteiger charge is 2.27. The molecule has 0 aliphatic heterocycles. The summed E-state index contributed by atoms with van der Waals surface area (Å²) in [6, 6.07) is 3.41. The van der Waals surface area contributed by atoms with Crippen molar-refractivity contribution in [2.75, 3.05) is 17.2 Å². The van der Waals surface area contributed by atoms with Crippen molar-refractivity contribution in [3.63, 3.8) is 0 Å². The molecule has 0 saturated heterocycles. The van der Waals surface area contributed by atoms with Gasteiger partial charge in [-0.2, -0.15) is 4.39 Å². The number of nitrogens with zero attached hydrogens (tertiary/aromatic N) is 1. The largest absolute Gasteiger partial charge is 0.462 e. The van der Waals surface area contributed by atoms with Gasteiger partial charge in [-0.1, -0.05) is 0 Å². The molecular formula is C18H18FN3O4S2. The number of thiophene rings is 1. The summed E-state index contributed by atoms with van der Waals surface area (Å²) in [6.07, 6.45) is 3.79. The van der Waals surface area contributed by atoms with Crippen molar-refractivity contribution < 1.29 is 18.8 Å². The number of aryl methyl sites for hydroxylation is 1. The third kappa shape index (κ3) is 4.28. The van der Waals surface area contributed by atoms with Crippen LogP contribution in [0.5, 0.6) is 0 Å². The van der Waals surface area contributed by atoms with Gasteiger partial charge in [0.2, 0.25) is 5.82 Å². The van der Waals surface area contributed by atoms with Gasteiger partial charge in [-0.25, -0.2) is 4.79 Å². The highest BCUT2D eigenvalue weighted by molar-refractivity contribution is 7.80. The molecule has 0 amide bonds. The van der Waals surface area contributed by atoms with Crippen molar-refractivity contribution in [2.45, 2.75) is 32.6 Å². The van der Waals surface area contributed by atoms with Crippen LogP contribution in [-0.4, -0.2) is 22.6 Å². The highest BCUT2D eigenvalue weighted by Crippen LogP contribution is 2.38. The summed E-state index contributed by atoms with van der Waals surface area (Å²) in [5, 5.41) is 17.4. The van der Waals surface area contributed by atoms with Crippen LogP contribution in [0.15, 0.2) is 18.2 Å². The monoisotopic (exact) mass is 423 g/mol. The lowest BCUT2D eigenvalue weighted by molar-refractivity contribution is -0.387. The number of thiocarbonyl (C=S) groups is 1. The number of anilines is 2. The molecule has 1 aliphatic carbocycles. The van der Waals surface area contributed by atoms with Crippen LogP contribution in [0.3, 0.4) is 0 Å². The second-order valence-corrected chi connectivity index (χ2v) is 7.65. The van der Waals surface area contributed by atoms with E-state index in [-0.39, 0.29) is 17.4 Å². The zero-order valence-corrected chi connectivity index (χ0v) is 16.7. The first-order valence-electron chi connectivity index (χ1n) is 8.74. The molecule has 148 valence electrons. The Balaban J connectivity index is 1.82. The van der Waals surface area contributed by atoms with Crippen LogP contribution in [0, 0.1) is 15.9 Å². The van der Waals surface area contributed by atoms with Gasteiger partial charge in [0.05, 0.1) is 17.1 Å². The van der Waals surface area contributed by atoms with Crippen molar-refractivity contribution in [3.8, 4) is 0 Å². The summed E-state index contributed by atoms with van der Waals surface area (Å²) >= 11 is 6.74. The number of rotatable bonds is 5. The van der Waals surface area contributed by atoms with Crippen LogP contribution in [0.4, 0.5) is 20.8 Å². The molecule has 0 bridgehead atoms.